The van der Waals surface area contributed by atoms with Gasteiger partial charge in [0.05, 0.1) is 0 Å². The van der Waals surface area contributed by atoms with Gasteiger partial charge < -0.3 is 9.80 Å². The molecule has 0 aromatic heterocycles. The molecule has 0 bridgehead atoms. The lowest BCUT2D eigenvalue weighted by atomic mass is 10.1. The van der Waals surface area contributed by atoms with Crippen molar-refractivity contribution >= 4 is 21.8 Å². The first-order valence-corrected chi connectivity index (χ1v) is 6.34. The lowest BCUT2D eigenvalue weighted by molar-refractivity contribution is 0.215. The first-order valence-electron chi connectivity index (χ1n) is 5.55. The van der Waals surface area contributed by atoms with Crippen LogP contribution in [0.1, 0.15) is 5.56 Å². The second-order valence-corrected chi connectivity index (χ2v) is 5.12. The maximum Gasteiger partial charge on any atom is 0.129 e. The van der Waals surface area contributed by atoms with Gasteiger partial charge in [-0.25, -0.2) is 4.39 Å². The van der Waals surface area contributed by atoms with Crippen LogP contribution >= 0.6 is 15.9 Å². The number of nitrogens with one attached hydrogen (secondary N) is 1. The van der Waals surface area contributed by atoms with E-state index < -0.39 is 0 Å². The molecule has 2 rings (SSSR count). The second kappa shape index (κ2) is 5.14. The molecule has 3 nitrogen and oxygen atoms in total. The molecule has 0 spiro atoms. The topological polar surface area (TPSA) is 30.3 Å². The summed E-state index contributed by atoms with van der Waals surface area (Å²) < 4.78 is 14.0. The molecular weight excluding hydrogens is 285 g/mol. The van der Waals surface area contributed by atoms with Crippen LogP contribution in [0, 0.1) is 11.2 Å². The normalized spacial score (nSPS) is 17.2. The maximum absolute atomic E-state index is 13.2. The Kier molecular flexibility index (Phi) is 3.79. The van der Waals surface area contributed by atoms with Gasteiger partial charge in [-0.3, -0.25) is 5.41 Å². The monoisotopic (exact) mass is 299 g/mol. The number of hydrogen-bond acceptors (Lipinski definition) is 2. The van der Waals surface area contributed by atoms with Crippen molar-refractivity contribution < 1.29 is 4.39 Å². The molecule has 1 saturated heterocycles. The minimum atomic E-state index is -0.304. The van der Waals surface area contributed by atoms with Gasteiger partial charge in [0.15, 0.2) is 0 Å². The van der Waals surface area contributed by atoms with E-state index in [1.54, 1.807) is 6.07 Å². The van der Waals surface area contributed by atoms with E-state index in [1.807, 2.05) is 4.90 Å². The smallest absolute Gasteiger partial charge is 0.129 e. The summed E-state index contributed by atoms with van der Waals surface area (Å²) in [6.45, 7) is 3.52. The fraction of sp³-hybridized carbons (Fsp3) is 0.417. The number of hydrogen-bond donors (Lipinski definition) is 1. The zero-order valence-corrected chi connectivity index (χ0v) is 11.3. The molecule has 0 unspecified atom stereocenters. The third kappa shape index (κ3) is 2.84. The van der Waals surface area contributed by atoms with E-state index in [4.69, 9.17) is 5.41 Å². The van der Waals surface area contributed by atoms with Crippen LogP contribution in [0.2, 0.25) is 0 Å². The van der Waals surface area contributed by atoms with E-state index in [-0.39, 0.29) is 5.82 Å². The summed E-state index contributed by atoms with van der Waals surface area (Å²) in [4.78, 5) is 4.21. The predicted molar refractivity (Wildman–Crippen MR) is 70.0 cm³/mol. The van der Waals surface area contributed by atoms with Crippen LogP contribution in [-0.2, 0) is 0 Å². The number of amidine groups is 1. The number of piperazine rings is 1. The van der Waals surface area contributed by atoms with E-state index in [0.29, 0.717) is 11.4 Å². The average Bonchev–Trinajstić information content (AvgIpc) is 2.32. The molecule has 1 fully saturated rings. The SMILES string of the molecule is CN1CCN(C(=N)c2cc(F)ccc2Br)CC1. The van der Waals surface area contributed by atoms with Crippen LogP contribution in [0.4, 0.5) is 4.39 Å². The molecular formula is C12H15BrFN3. The Morgan fingerprint density at radius 3 is 2.59 bits per heavy atom. The highest BCUT2D eigenvalue weighted by atomic mass is 79.9. The Morgan fingerprint density at radius 2 is 1.94 bits per heavy atom. The quantitative estimate of drug-likeness (QED) is 0.636. The minimum Gasteiger partial charge on any atom is -0.354 e. The summed E-state index contributed by atoms with van der Waals surface area (Å²) in [5, 5.41) is 8.14. The molecule has 1 aliphatic heterocycles. The number of benzene rings is 1. The van der Waals surface area contributed by atoms with Gasteiger partial charge in [0.2, 0.25) is 0 Å². The highest BCUT2D eigenvalue weighted by Crippen LogP contribution is 2.20. The van der Waals surface area contributed by atoms with Crippen LogP contribution < -0.4 is 0 Å². The van der Waals surface area contributed by atoms with Crippen LogP contribution in [0.25, 0.3) is 0 Å². The predicted octanol–water partition coefficient (Wildman–Crippen LogP) is 2.16. The standard InChI is InChI=1S/C12H15BrFN3/c1-16-4-6-17(7-5-16)12(15)10-8-9(14)2-3-11(10)13/h2-3,8,15H,4-7H2,1H3. The van der Waals surface area contributed by atoms with Crippen molar-refractivity contribution in [1.82, 2.24) is 9.80 Å². The van der Waals surface area contributed by atoms with Gasteiger partial charge in [-0.15, -0.1) is 0 Å². The number of halogens is 2. The first-order chi connectivity index (χ1) is 8.08. The van der Waals surface area contributed by atoms with E-state index in [1.165, 1.54) is 12.1 Å². The molecule has 5 heteroatoms. The second-order valence-electron chi connectivity index (χ2n) is 4.26. The summed E-state index contributed by atoms with van der Waals surface area (Å²) in [6, 6.07) is 4.45. The van der Waals surface area contributed by atoms with E-state index in [9.17, 15) is 4.39 Å². The lowest BCUT2D eigenvalue weighted by Gasteiger charge is -2.34. The van der Waals surface area contributed by atoms with Crippen molar-refractivity contribution in [3.05, 3.63) is 34.1 Å². The van der Waals surface area contributed by atoms with Gasteiger partial charge in [-0.05, 0) is 25.2 Å². The summed E-state index contributed by atoms with van der Waals surface area (Å²) in [5.74, 6) is 0.0894. The van der Waals surface area contributed by atoms with Crippen molar-refractivity contribution in [1.29, 1.82) is 5.41 Å². The van der Waals surface area contributed by atoms with Crippen molar-refractivity contribution in [3.8, 4) is 0 Å². The Hall–Kier alpha value is -0.940. The molecule has 92 valence electrons. The summed E-state index contributed by atoms with van der Waals surface area (Å²) in [5.41, 5.74) is 0.620. The molecule has 1 aliphatic rings. The average molecular weight is 300 g/mol. The summed E-state index contributed by atoms with van der Waals surface area (Å²) in [6.07, 6.45) is 0. The first kappa shape index (κ1) is 12.5. The molecule has 1 N–H and O–H groups in total. The van der Waals surface area contributed by atoms with E-state index in [2.05, 4.69) is 27.9 Å². The summed E-state index contributed by atoms with van der Waals surface area (Å²) >= 11 is 3.36. The van der Waals surface area contributed by atoms with Crippen molar-refractivity contribution in [2.75, 3.05) is 33.2 Å². The number of rotatable bonds is 1. The number of likely N-dealkylation sites (N-methyl/N-ethyl adjacent to an activating group) is 1. The Morgan fingerprint density at radius 1 is 1.29 bits per heavy atom. The molecule has 0 amide bonds. The summed E-state index contributed by atoms with van der Waals surface area (Å²) in [7, 11) is 2.07. The molecule has 1 aromatic rings. The van der Waals surface area contributed by atoms with E-state index in [0.717, 1.165) is 30.7 Å². The van der Waals surface area contributed by atoms with Crippen molar-refractivity contribution in [3.63, 3.8) is 0 Å². The Balaban J connectivity index is 2.16. The highest BCUT2D eigenvalue weighted by Gasteiger charge is 2.19. The van der Waals surface area contributed by atoms with Crippen LogP contribution in [0.15, 0.2) is 22.7 Å². The molecule has 0 aliphatic carbocycles. The molecule has 0 saturated carbocycles. The van der Waals surface area contributed by atoms with Gasteiger partial charge >= 0.3 is 0 Å². The van der Waals surface area contributed by atoms with Crippen LogP contribution in [0.5, 0.6) is 0 Å². The lowest BCUT2D eigenvalue weighted by Crippen LogP contribution is -2.47. The fourth-order valence-electron chi connectivity index (χ4n) is 1.88. The van der Waals surface area contributed by atoms with Gasteiger partial charge in [0.1, 0.15) is 11.7 Å². The Bertz CT molecular complexity index is 428. The minimum absolute atomic E-state index is 0.304. The van der Waals surface area contributed by atoms with Gasteiger partial charge in [-0.1, -0.05) is 15.9 Å². The van der Waals surface area contributed by atoms with Crippen LogP contribution in [-0.4, -0.2) is 48.9 Å². The molecule has 0 atom stereocenters. The van der Waals surface area contributed by atoms with Crippen molar-refractivity contribution in [2.24, 2.45) is 0 Å². The molecule has 17 heavy (non-hydrogen) atoms. The fourth-order valence-corrected chi connectivity index (χ4v) is 2.31. The third-order valence-corrected chi connectivity index (χ3v) is 3.69. The Labute approximate surface area is 109 Å². The number of nitrogens with zero attached hydrogens (tertiary/aromatic N) is 2. The molecule has 0 radical (unpaired) electrons. The molecule has 1 aromatic carbocycles. The molecule has 1 heterocycles. The van der Waals surface area contributed by atoms with Gasteiger partial charge in [0.25, 0.3) is 0 Å². The maximum atomic E-state index is 13.2. The van der Waals surface area contributed by atoms with E-state index >= 15 is 0 Å². The van der Waals surface area contributed by atoms with Crippen LogP contribution in [0.3, 0.4) is 0 Å². The zero-order valence-electron chi connectivity index (χ0n) is 9.71. The third-order valence-electron chi connectivity index (χ3n) is 3.00. The largest absolute Gasteiger partial charge is 0.354 e. The van der Waals surface area contributed by atoms with Crippen molar-refractivity contribution in [2.45, 2.75) is 0 Å². The van der Waals surface area contributed by atoms with Gasteiger partial charge in [-0.2, -0.15) is 0 Å². The zero-order chi connectivity index (χ0) is 12.4. The highest BCUT2D eigenvalue weighted by molar-refractivity contribution is 9.10. The van der Waals surface area contributed by atoms with Gasteiger partial charge in [0, 0.05) is 36.2 Å².